The normalized spacial score (nSPS) is 26.0. The second kappa shape index (κ2) is 4.14. The van der Waals surface area contributed by atoms with Crippen LogP contribution in [0.4, 0.5) is 0 Å². The molecule has 1 aromatic heterocycles. The smallest absolute Gasteiger partial charge is 0.239 e. The van der Waals surface area contributed by atoms with E-state index < -0.39 is 0 Å². The van der Waals surface area contributed by atoms with Crippen LogP contribution in [-0.2, 0) is 6.54 Å². The van der Waals surface area contributed by atoms with Crippen molar-refractivity contribution in [3.63, 3.8) is 0 Å². The summed E-state index contributed by atoms with van der Waals surface area (Å²) in [6.45, 7) is 0.756. The molecular formula is C10H15N3OS. The molecule has 4 nitrogen and oxygen atoms in total. The Morgan fingerprint density at radius 1 is 1.40 bits per heavy atom. The second-order valence-corrected chi connectivity index (χ2v) is 5.52. The van der Waals surface area contributed by atoms with E-state index in [-0.39, 0.29) is 0 Å². The van der Waals surface area contributed by atoms with Crippen molar-refractivity contribution in [2.24, 2.45) is 0 Å². The maximum atomic E-state index is 5.28. The Kier molecular flexibility index (Phi) is 2.66. The van der Waals surface area contributed by atoms with Gasteiger partial charge in [-0.1, -0.05) is 5.16 Å². The molecule has 0 aromatic carbocycles. The lowest BCUT2D eigenvalue weighted by molar-refractivity contribution is 0.368. The fourth-order valence-electron chi connectivity index (χ4n) is 1.77. The summed E-state index contributed by atoms with van der Waals surface area (Å²) in [5.74, 6) is 2.86. The molecule has 1 N–H and O–H groups in total. The van der Waals surface area contributed by atoms with Crippen LogP contribution in [0.2, 0.25) is 0 Å². The molecule has 5 heteroatoms. The fraction of sp³-hybridized carbons (Fsp3) is 0.800. The fourth-order valence-corrected chi connectivity index (χ4v) is 2.96. The first kappa shape index (κ1) is 9.66. The zero-order valence-electron chi connectivity index (χ0n) is 8.61. The van der Waals surface area contributed by atoms with Crippen molar-refractivity contribution in [2.75, 3.05) is 5.75 Å². The molecule has 2 heterocycles. The maximum Gasteiger partial charge on any atom is 0.239 e. The monoisotopic (exact) mass is 225 g/mol. The largest absolute Gasteiger partial charge is 0.338 e. The number of hydrogen-bond donors (Lipinski definition) is 1. The van der Waals surface area contributed by atoms with Crippen LogP contribution >= 0.6 is 11.8 Å². The topological polar surface area (TPSA) is 51.0 Å². The average molecular weight is 225 g/mol. The molecule has 0 radical (unpaired) electrons. The van der Waals surface area contributed by atoms with Gasteiger partial charge < -0.3 is 9.84 Å². The van der Waals surface area contributed by atoms with E-state index >= 15 is 0 Å². The Morgan fingerprint density at radius 3 is 3.07 bits per heavy atom. The Labute approximate surface area is 93.2 Å². The molecule has 1 aliphatic heterocycles. The van der Waals surface area contributed by atoms with Gasteiger partial charge in [-0.05, 0) is 31.4 Å². The first-order valence-corrected chi connectivity index (χ1v) is 6.64. The number of hydrogen-bond acceptors (Lipinski definition) is 5. The molecule has 0 amide bonds. The molecule has 15 heavy (non-hydrogen) atoms. The predicted molar refractivity (Wildman–Crippen MR) is 58.6 cm³/mol. The van der Waals surface area contributed by atoms with E-state index in [1.54, 1.807) is 0 Å². The van der Waals surface area contributed by atoms with E-state index in [4.69, 9.17) is 4.52 Å². The summed E-state index contributed by atoms with van der Waals surface area (Å²) in [4.78, 5) is 4.43. The number of thioether (sulfide) groups is 1. The molecular weight excluding hydrogens is 210 g/mol. The highest BCUT2D eigenvalue weighted by Crippen LogP contribution is 2.38. The van der Waals surface area contributed by atoms with Crippen molar-refractivity contribution in [3.05, 3.63) is 11.7 Å². The van der Waals surface area contributed by atoms with Crippen LogP contribution in [0.1, 0.15) is 42.6 Å². The minimum atomic E-state index is 0.451. The molecule has 1 aliphatic carbocycles. The van der Waals surface area contributed by atoms with Crippen LogP contribution in [0.25, 0.3) is 0 Å². The summed E-state index contributed by atoms with van der Waals surface area (Å²) in [7, 11) is 0. The van der Waals surface area contributed by atoms with E-state index in [1.807, 2.05) is 11.8 Å². The van der Waals surface area contributed by atoms with Gasteiger partial charge in [0.1, 0.15) is 0 Å². The Bertz CT molecular complexity index is 331. The molecule has 82 valence electrons. The number of rotatable bonds is 4. The van der Waals surface area contributed by atoms with Crippen LogP contribution in [0.5, 0.6) is 0 Å². The Hall–Kier alpha value is -0.550. The summed E-state index contributed by atoms with van der Waals surface area (Å²) in [6, 6.07) is 0.702. The van der Waals surface area contributed by atoms with Gasteiger partial charge in [-0.3, -0.25) is 0 Å². The molecule has 1 saturated carbocycles. The predicted octanol–water partition coefficient (Wildman–Crippen LogP) is 1.89. The van der Waals surface area contributed by atoms with Crippen molar-refractivity contribution in [2.45, 2.75) is 43.5 Å². The first-order valence-electron chi connectivity index (χ1n) is 5.59. The lowest BCUT2D eigenvalue weighted by Crippen LogP contribution is -2.16. The summed E-state index contributed by atoms with van der Waals surface area (Å²) in [5, 5.41) is 7.83. The van der Waals surface area contributed by atoms with Gasteiger partial charge in [0.2, 0.25) is 5.89 Å². The van der Waals surface area contributed by atoms with Gasteiger partial charge in [0, 0.05) is 6.04 Å². The van der Waals surface area contributed by atoms with Crippen molar-refractivity contribution in [3.8, 4) is 0 Å². The van der Waals surface area contributed by atoms with Gasteiger partial charge in [-0.25, -0.2) is 0 Å². The van der Waals surface area contributed by atoms with Gasteiger partial charge >= 0.3 is 0 Å². The molecule has 2 fully saturated rings. The molecule has 1 unspecified atom stereocenters. The minimum Gasteiger partial charge on any atom is -0.338 e. The standard InChI is InChI=1S/C10H15N3OS/c1-2-8(15-5-1)10-12-9(13-14-10)6-11-7-3-4-7/h7-8,11H,1-6H2. The molecule has 2 aliphatic rings. The number of nitrogens with one attached hydrogen (secondary N) is 1. The van der Waals surface area contributed by atoms with Gasteiger partial charge in [-0.2, -0.15) is 4.98 Å². The van der Waals surface area contributed by atoms with Crippen molar-refractivity contribution in [1.82, 2.24) is 15.5 Å². The highest BCUT2D eigenvalue weighted by molar-refractivity contribution is 7.99. The lowest BCUT2D eigenvalue weighted by atomic mass is 10.2. The highest BCUT2D eigenvalue weighted by Gasteiger charge is 2.24. The van der Waals surface area contributed by atoms with E-state index in [1.165, 1.54) is 31.4 Å². The SMILES string of the molecule is C1CSC(c2nc(CNC3CC3)no2)C1. The van der Waals surface area contributed by atoms with Gasteiger partial charge in [0.05, 0.1) is 11.8 Å². The summed E-state index contributed by atoms with van der Waals surface area (Å²) < 4.78 is 5.28. The van der Waals surface area contributed by atoms with Crippen LogP contribution in [-0.4, -0.2) is 21.9 Å². The van der Waals surface area contributed by atoms with E-state index in [0.717, 1.165) is 18.3 Å². The number of aromatic nitrogens is 2. The molecule has 1 aromatic rings. The van der Waals surface area contributed by atoms with Gasteiger partial charge in [0.25, 0.3) is 0 Å². The third kappa shape index (κ3) is 2.34. The van der Waals surface area contributed by atoms with Crippen LogP contribution in [0.15, 0.2) is 4.52 Å². The third-order valence-electron chi connectivity index (χ3n) is 2.82. The maximum absolute atomic E-state index is 5.28. The molecule has 1 saturated heterocycles. The van der Waals surface area contributed by atoms with Crippen molar-refractivity contribution < 1.29 is 4.52 Å². The molecule has 1 atom stereocenters. The summed E-state index contributed by atoms with van der Waals surface area (Å²) in [5.41, 5.74) is 0. The quantitative estimate of drug-likeness (QED) is 0.848. The van der Waals surface area contributed by atoms with Crippen LogP contribution in [0, 0.1) is 0 Å². The van der Waals surface area contributed by atoms with Gasteiger partial charge in [-0.15, -0.1) is 11.8 Å². The summed E-state index contributed by atoms with van der Waals surface area (Å²) in [6.07, 6.45) is 5.04. The van der Waals surface area contributed by atoms with E-state index in [2.05, 4.69) is 15.5 Å². The lowest BCUT2D eigenvalue weighted by Gasteiger charge is -1.99. The summed E-state index contributed by atoms with van der Waals surface area (Å²) >= 11 is 1.93. The minimum absolute atomic E-state index is 0.451. The zero-order chi connectivity index (χ0) is 10.1. The molecule has 3 rings (SSSR count). The van der Waals surface area contributed by atoms with E-state index in [9.17, 15) is 0 Å². The highest BCUT2D eigenvalue weighted by atomic mass is 32.2. The second-order valence-electron chi connectivity index (χ2n) is 4.21. The van der Waals surface area contributed by atoms with Crippen molar-refractivity contribution >= 4 is 11.8 Å². The number of nitrogens with zero attached hydrogens (tertiary/aromatic N) is 2. The van der Waals surface area contributed by atoms with Crippen molar-refractivity contribution in [1.29, 1.82) is 0 Å². The Balaban J connectivity index is 1.59. The average Bonchev–Trinajstić information content (AvgIpc) is 2.78. The molecule has 0 bridgehead atoms. The Morgan fingerprint density at radius 2 is 2.33 bits per heavy atom. The third-order valence-corrected chi connectivity index (χ3v) is 4.18. The van der Waals surface area contributed by atoms with E-state index in [0.29, 0.717) is 11.3 Å². The first-order chi connectivity index (χ1) is 7.42. The zero-order valence-corrected chi connectivity index (χ0v) is 9.42. The molecule has 0 spiro atoms. The van der Waals surface area contributed by atoms with Crippen LogP contribution in [0.3, 0.4) is 0 Å². The van der Waals surface area contributed by atoms with Gasteiger partial charge in [0.15, 0.2) is 5.82 Å². The van der Waals surface area contributed by atoms with Crippen LogP contribution < -0.4 is 5.32 Å².